The highest BCUT2D eigenvalue weighted by Crippen LogP contribution is 2.26. The molecule has 0 bridgehead atoms. The first kappa shape index (κ1) is 9.34. The van der Waals surface area contributed by atoms with Crippen molar-refractivity contribution in [3.63, 3.8) is 0 Å². The van der Waals surface area contributed by atoms with Crippen molar-refractivity contribution < 1.29 is 0 Å². The van der Waals surface area contributed by atoms with Crippen LogP contribution in [0.4, 0.5) is 0 Å². The minimum Gasteiger partial charge on any atom is -0.252 e. The minimum atomic E-state index is 1.08. The summed E-state index contributed by atoms with van der Waals surface area (Å²) in [6.07, 6.45) is 0. The highest BCUT2D eigenvalue weighted by molar-refractivity contribution is 6.06. The lowest BCUT2D eigenvalue weighted by atomic mass is 10.0. The molecule has 3 aromatic rings. The van der Waals surface area contributed by atoms with Gasteiger partial charge >= 0.3 is 0 Å². The summed E-state index contributed by atoms with van der Waals surface area (Å²) in [7, 11) is 0. The van der Waals surface area contributed by atoms with Crippen LogP contribution >= 0.6 is 0 Å². The molecule has 0 aliphatic heterocycles. The lowest BCUT2D eigenvalue weighted by Gasteiger charge is -2.07. The highest BCUT2D eigenvalue weighted by atomic mass is 14.7. The molecule has 1 heterocycles. The Kier molecular flexibility index (Phi) is 1.93. The van der Waals surface area contributed by atoms with E-state index in [-0.39, 0.29) is 0 Å². The van der Waals surface area contributed by atoms with Crippen LogP contribution in [0.3, 0.4) is 0 Å². The van der Waals surface area contributed by atoms with Gasteiger partial charge in [0.05, 0.1) is 5.52 Å². The van der Waals surface area contributed by atoms with Gasteiger partial charge in [0, 0.05) is 16.5 Å². The molecule has 2 aromatic carbocycles. The van der Waals surface area contributed by atoms with E-state index in [0.717, 1.165) is 11.2 Å². The van der Waals surface area contributed by atoms with Crippen molar-refractivity contribution in [1.29, 1.82) is 0 Å². The fourth-order valence-corrected chi connectivity index (χ4v) is 2.24. The second kappa shape index (κ2) is 3.31. The number of nitrogens with zero attached hydrogens (tertiary/aromatic N) is 1. The molecule has 0 radical (unpaired) electrons. The van der Waals surface area contributed by atoms with Crippen LogP contribution < -0.4 is 0 Å². The molecule has 78 valence electrons. The zero-order valence-corrected chi connectivity index (χ0v) is 9.49. The number of para-hydroxylation sites is 1. The number of aromatic nitrogens is 1. The van der Waals surface area contributed by atoms with Crippen molar-refractivity contribution in [2.45, 2.75) is 13.8 Å². The largest absolute Gasteiger partial charge is 0.252 e. The third kappa shape index (κ3) is 1.28. The molecule has 16 heavy (non-hydrogen) atoms. The number of hydrogen-bond acceptors (Lipinski definition) is 1. The van der Waals surface area contributed by atoms with Gasteiger partial charge in [-0.15, -0.1) is 0 Å². The quantitative estimate of drug-likeness (QED) is 0.508. The lowest BCUT2D eigenvalue weighted by molar-refractivity contribution is 1.29. The van der Waals surface area contributed by atoms with Gasteiger partial charge in [-0.3, -0.25) is 4.98 Å². The maximum Gasteiger partial charge on any atom is 0.0711 e. The molecule has 1 aromatic heterocycles. The first-order valence-corrected chi connectivity index (χ1v) is 5.51. The monoisotopic (exact) mass is 207 g/mol. The summed E-state index contributed by atoms with van der Waals surface area (Å²) in [5, 5.41) is 3.80. The number of hydrogen-bond donors (Lipinski definition) is 0. The van der Waals surface area contributed by atoms with Crippen LogP contribution in [-0.4, -0.2) is 4.98 Å². The van der Waals surface area contributed by atoms with Crippen LogP contribution in [0.15, 0.2) is 42.5 Å². The summed E-state index contributed by atoms with van der Waals surface area (Å²) >= 11 is 0. The van der Waals surface area contributed by atoms with Crippen molar-refractivity contribution in [3.05, 3.63) is 53.7 Å². The van der Waals surface area contributed by atoms with E-state index in [4.69, 9.17) is 0 Å². The maximum absolute atomic E-state index is 4.63. The Balaban J connectivity index is 2.61. The van der Waals surface area contributed by atoms with Gasteiger partial charge in [0.1, 0.15) is 0 Å². The summed E-state index contributed by atoms with van der Waals surface area (Å²) < 4.78 is 0. The van der Waals surface area contributed by atoms with E-state index in [1.165, 1.54) is 21.7 Å². The molecule has 0 unspecified atom stereocenters. The van der Waals surface area contributed by atoms with Gasteiger partial charge in [-0.1, -0.05) is 42.0 Å². The van der Waals surface area contributed by atoms with E-state index in [2.05, 4.69) is 55.2 Å². The predicted molar refractivity (Wildman–Crippen MR) is 68.7 cm³/mol. The van der Waals surface area contributed by atoms with Crippen molar-refractivity contribution >= 4 is 21.7 Å². The molecule has 0 spiro atoms. The zero-order chi connectivity index (χ0) is 11.1. The van der Waals surface area contributed by atoms with Crippen molar-refractivity contribution in [3.8, 4) is 0 Å². The molecule has 1 nitrogen and oxygen atoms in total. The van der Waals surface area contributed by atoms with Gasteiger partial charge in [-0.2, -0.15) is 0 Å². The maximum atomic E-state index is 4.63. The van der Waals surface area contributed by atoms with E-state index < -0.39 is 0 Å². The molecule has 0 aliphatic rings. The van der Waals surface area contributed by atoms with E-state index in [1.807, 2.05) is 6.07 Å². The van der Waals surface area contributed by atoms with Crippen molar-refractivity contribution in [1.82, 2.24) is 4.98 Å². The molecular weight excluding hydrogens is 194 g/mol. The van der Waals surface area contributed by atoms with Crippen LogP contribution in [0.1, 0.15) is 11.3 Å². The van der Waals surface area contributed by atoms with Crippen molar-refractivity contribution in [2.75, 3.05) is 0 Å². The van der Waals surface area contributed by atoms with Crippen LogP contribution in [0.2, 0.25) is 0 Å². The molecule has 0 aliphatic carbocycles. The Morgan fingerprint density at radius 2 is 1.62 bits per heavy atom. The summed E-state index contributed by atoms with van der Waals surface area (Å²) in [4.78, 5) is 4.63. The molecule has 0 N–H and O–H groups in total. The second-order valence-corrected chi connectivity index (χ2v) is 4.26. The van der Waals surface area contributed by atoms with E-state index in [0.29, 0.717) is 0 Å². The van der Waals surface area contributed by atoms with Crippen LogP contribution in [0.25, 0.3) is 21.7 Å². The molecular formula is C15H13N. The smallest absolute Gasteiger partial charge is 0.0711 e. The normalized spacial score (nSPS) is 11.1. The molecule has 0 saturated heterocycles. The number of pyridine rings is 1. The molecule has 0 atom stereocenters. The standard InChI is InChI=1S/C15H13N/c1-10-7-8-12-11(2)16-15-6-4-3-5-13(15)14(12)9-10/h3-9H,1-2H3. The molecule has 0 saturated carbocycles. The topological polar surface area (TPSA) is 12.9 Å². The first-order valence-electron chi connectivity index (χ1n) is 5.51. The number of rotatable bonds is 0. The van der Waals surface area contributed by atoms with E-state index in [9.17, 15) is 0 Å². The predicted octanol–water partition coefficient (Wildman–Crippen LogP) is 4.00. The zero-order valence-electron chi connectivity index (χ0n) is 9.49. The fraction of sp³-hybridized carbons (Fsp3) is 0.133. The van der Waals surface area contributed by atoms with Gasteiger partial charge in [0.15, 0.2) is 0 Å². The average molecular weight is 207 g/mol. The Morgan fingerprint density at radius 1 is 0.812 bits per heavy atom. The van der Waals surface area contributed by atoms with E-state index >= 15 is 0 Å². The third-order valence-electron chi connectivity index (χ3n) is 3.05. The molecule has 0 fully saturated rings. The van der Waals surface area contributed by atoms with Gasteiger partial charge in [-0.05, 0) is 25.3 Å². The Bertz CT molecular complexity index is 683. The SMILES string of the molecule is Cc1ccc2c(C)nc3ccccc3c2c1. The summed E-state index contributed by atoms with van der Waals surface area (Å²) in [6.45, 7) is 4.20. The molecule has 0 amide bonds. The van der Waals surface area contributed by atoms with E-state index in [1.54, 1.807) is 0 Å². The van der Waals surface area contributed by atoms with Gasteiger partial charge < -0.3 is 0 Å². The van der Waals surface area contributed by atoms with Crippen LogP contribution in [-0.2, 0) is 0 Å². The Hall–Kier alpha value is -1.89. The van der Waals surface area contributed by atoms with Gasteiger partial charge in [0.25, 0.3) is 0 Å². The lowest BCUT2D eigenvalue weighted by Crippen LogP contribution is -1.88. The van der Waals surface area contributed by atoms with Gasteiger partial charge in [0.2, 0.25) is 0 Å². The number of benzene rings is 2. The Labute approximate surface area is 94.7 Å². The highest BCUT2D eigenvalue weighted by Gasteiger charge is 2.04. The first-order chi connectivity index (χ1) is 7.75. The fourth-order valence-electron chi connectivity index (χ4n) is 2.24. The summed E-state index contributed by atoms with van der Waals surface area (Å²) in [5.74, 6) is 0. The van der Waals surface area contributed by atoms with Crippen LogP contribution in [0, 0.1) is 13.8 Å². The number of fused-ring (bicyclic) bond motifs is 3. The van der Waals surface area contributed by atoms with Crippen molar-refractivity contribution in [2.24, 2.45) is 0 Å². The summed E-state index contributed by atoms with van der Waals surface area (Å²) in [5.41, 5.74) is 3.48. The second-order valence-electron chi connectivity index (χ2n) is 4.26. The number of aryl methyl sites for hydroxylation is 2. The Morgan fingerprint density at radius 3 is 2.50 bits per heavy atom. The minimum absolute atomic E-state index is 1.08. The molecule has 1 heteroatoms. The average Bonchev–Trinajstić information content (AvgIpc) is 2.29. The van der Waals surface area contributed by atoms with Gasteiger partial charge in [-0.25, -0.2) is 0 Å². The molecule has 3 rings (SSSR count). The third-order valence-corrected chi connectivity index (χ3v) is 3.05. The summed E-state index contributed by atoms with van der Waals surface area (Å²) in [6, 6.07) is 14.9. The van der Waals surface area contributed by atoms with Crippen LogP contribution in [0.5, 0.6) is 0 Å².